The molecule has 0 spiro atoms. The molecule has 1 aromatic rings. The van der Waals surface area contributed by atoms with Gasteiger partial charge in [-0.05, 0) is 42.9 Å². The molecule has 1 saturated heterocycles. The highest BCUT2D eigenvalue weighted by molar-refractivity contribution is 5.90. The summed E-state index contributed by atoms with van der Waals surface area (Å²) < 4.78 is 5.29. The molecule has 1 aliphatic rings. The molecule has 0 aliphatic carbocycles. The molecule has 114 valence electrons. The number of carboxylic acid groups (broad SMARTS) is 1. The van der Waals surface area contributed by atoms with Crippen LogP contribution in [0.15, 0.2) is 24.3 Å². The van der Waals surface area contributed by atoms with Crippen LogP contribution in [0.3, 0.4) is 0 Å². The number of benzene rings is 1. The Kier molecular flexibility index (Phi) is 5.75. The van der Waals surface area contributed by atoms with Crippen molar-refractivity contribution in [2.75, 3.05) is 18.5 Å². The molecule has 0 radical (unpaired) electrons. The van der Waals surface area contributed by atoms with Crippen molar-refractivity contribution in [1.82, 2.24) is 0 Å². The molecule has 5 nitrogen and oxygen atoms in total. The van der Waals surface area contributed by atoms with E-state index in [2.05, 4.69) is 5.32 Å². The maximum Gasteiger partial charge on any atom is 0.303 e. The highest BCUT2D eigenvalue weighted by Gasteiger charge is 2.16. The molecule has 1 heterocycles. The lowest BCUT2D eigenvalue weighted by molar-refractivity contribution is -0.137. The van der Waals surface area contributed by atoms with E-state index in [-0.39, 0.29) is 12.3 Å². The van der Waals surface area contributed by atoms with E-state index in [0.717, 1.165) is 37.3 Å². The SMILES string of the molecule is O=C(O)CCc1cccc(NC(=O)CCC2CCOC2)c1. The first-order valence-electron chi connectivity index (χ1n) is 7.32. The lowest BCUT2D eigenvalue weighted by atomic mass is 10.0. The number of anilines is 1. The van der Waals surface area contributed by atoms with Crippen LogP contribution < -0.4 is 5.32 Å². The second kappa shape index (κ2) is 7.78. The molecule has 1 fully saturated rings. The van der Waals surface area contributed by atoms with Gasteiger partial charge in [-0.15, -0.1) is 0 Å². The Balaban J connectivity index is 1.79. The lowest BCUT2D eigenvalue weighted by Crippen LogP contribution is -2.13. The molecule has 5 heteroatoms. The fraction of sp³-hybridized carbons (Fsp3) is 0.500. The normalized spacial score (nSPS) is 17.6. The van der Waals surface area contributed by atoms with E-state index < -0.39 is 5.97 Å². The maximum atomic E-state index is 11.9. The fourth-order valence-corrected chi connectivity index (χ4v) is 2.43. The van der Waals surface area contributed by atoms with Crippen LogP contribution in [0.5, 0.6) is 0 Å². The fourth-order valence-electron chi connectivity index (χ4n) is 2.43. The van der Waals surface area contributed by atoms with E-state index in [1.54, 1.807) is 0 Å². The van der Waals surface area contributed by atoms with Gasteiger partial charge >= 0.3 is 5.97 Å². The number of amides is 1. The van der Waals surface area contributed by atoms with Crippen LogP contribution in [-0.4, -0.2) is 30.2 Å². The van der Waals surface area contributed by atoms with Crippen molar-refractivity contribution >= 4 is 17.6 Å². The summed E-state index contributed by atoms with van der Waals surface area (Å²) in [7, 11) is 0. The van der Waals surface area contributed by atoms with Crippen molar-refractivity contribution in [3.05, 3.63) is 29.8 Å². The highest BCUT2D eigenvalue weighted by atomic mass is 16.5. The highest BCUT2D eigenvalue weighted by Crippen LogP contribution is 2.19. The van der Waals surface area contributed by atoms with Crippen molar-refractivity contribution in [3.8, 4) is 0 Å². The van der Waals surface area contributed by atoms with Gasteiger partial charge in [0.15, 0.2) is 0 Å². The predicted octanol–water partition coefficient (Wildman–Crippen LogP) is 2.46. The van der Waals surface area contributed by atoms with Crippen LogP contribution in [0.25, 0.3) is 0 Å². The van der Waals surface area contributed by atoms with Crippen molar-refractivity contribution in [3.63, 3.8) is 0 Å². The first kappa shape index (κ1) is 15.5. The van der Waals surface area contributed by atoms with E-state index in [0.29, 0.717) is 18.8 Å². The number of hydrogen-bond donors (Lipinski definition) is 2. The number of carbonyl (C=O) groups excluding carboxylic acids is 1. The summed E-state index contributed by atoms with van der Waals surface area (Å²) >= 11 is 0. The predicted molar refractivity (Wildman–Crippen MR) is 79.2 cm³/mol. The zero-order valence-corrected chi connectivity index (χ0v) is 12.0. The minimum absolute atomic E-state index is 0.00251. The third kappa shape index (κ3) is 5.55. The van der Waals surface area contributed by atoms with Crippen LogP contribution in [0.1, 0.15) is 31.2 Å². The van der Waals surface area contributed by atoms with Crippen LogP contribution in [0.4, 0.5) is 5.69 Å². The van der Waals surface area contributed by atoms with Crippen molar-refractivity contribution in [2.24, 2.45) is 5.92 Å². The third-order valence-electron chi connectivity index (χ3n) is 3.64. The van der Waals surface area contributed by atoms with Crippen LogP contribution >= 0.6 is 0 Å². The number of ether oxygens (including phenoxy) is 1. The smallest absolute Gasteiger partial charge is 0.303 e. The van der Waals surface area contributed by atoms with Crippen molar-refractivity contribution in [1.29, 1.82) is 0 Å². The molecular formula is C16H21NO4. The number of hydrogen-bond acceptors (Lipinski definition) is 3. The Hall–Kier alpha value is -1.88. The maximum absolute atomic E-state index is 11.9. The van der Waals surface area contributed by atoms with E-state index in [1.807, 2.05) is 24.3 Å². The lowest BCUT2D eigenvalue weighted by Gasteiger charge is -2.09. The summed E-state index contributed by atoms with van der Waals surface area (Å²) in [6.07, 6.45) is 2.95. The Morgan fingerprint density at radius 1 is 1.33 bits per heavy atom. The van der Waals surface area contributed by atoms with Gasteiger partial charge in [-0.25, -0.2) is 0 Å². The molecule has 1 aromatic carbocycles. The molecule has 0 aromatic heterocycles. The van der Waals surface area contributed by atoms with Crippen LogP contribution in [0.2, 0.25) is 0 Å². The number of rotatable bonds is 7. The molecule has 0 bridgehead atoms. The quantitative estimate of drug-likeness (QED) is 0.809. The van der Waals surface area contributed by atoms with Gasteiger partial charge in [0.25, 0.3) is 0 Å². The standard InChI is InChI=1S/C16H21NO4/c18-15(6-4-13-8-9-21-11-13)17-14-3-1-2-12(10-14)5-7-16(19)20/h1-3,10,13H,4-9,11H2,(H,17,18)(H,19,20). The molecule has 21 heavy (non-hydrogen) atoms. The first-order chi connectivity index (χ1) is 10.1. The Morgan fingerprint density at radius 2 is 2.19 bits per heavy atom. The van der Waals surface area contributed by atoms with Gasteiger partial charge in [0.1, 0.15) is 0 Å². The number of carboxylic acids is 1. The van der Waals surface area contributed by atoms with Crippen molar-refractivity contribution < 1.29 is 19.4 Å². The molecule has 1 unspecified atom stereocenters. The summed E-state index contributed by atoms with van der Waals surface area (Å²) in [5, 5.41) is 11.6. The summed E-state index contributed by atoms with van der Waals surface area (Å²) in [5.41, 5.74) is 1.64. The molecule has 2 rings (SSSR count). The summed E-state index contributed by atoms with van der Waals surface area (Å²) in [6.45, 7) is 1.57. The van der Waals surface area contributed by atoms with Gasteiger partial charge in [0.2, 0.25) is 5.91 Å². The second-order valence-electron chi connectivity index (χ2n) is 5.41. The van der Waals surface area contributed by atoms with Gasteiger partial charge in [-0.1, -0.05) is 12.1 Å². The third-order valence-corrected chi connectivity index (χ3v) is 3.64. The molecular weight excluding hydrogens is 270 g/mol. The number of carbonyl (C=O) groups is 2. The number of aryl methyl sites for hydroxylation is 1. The largest absolute Gasteiger partial charge is 0.481 e. The first-order valence-corrected chi connectivity index (χ1v) is 7.32. The molecule has 0 saturated carbocycles. The minimum Gasteiger partial charge on any atom is -0.481 e. The summed E-state index contributed by atoms with van der Waals surface area (Å²) in [4.78, 5) is 22.5. The van der Waals surface area contributed by atoms with Gasteiger partial charge in [-0.2, -0.15) is 0 Å². The van der Waals surface area contributed by atoms with Crippen molar-refractivity contribution in [2.45, 2.75) is 32.1 Å². The Bertz CT molecular complexity index is 495. The monoisotopic (exact) mass is 291 g/mol. The van der Waals surface area contributed by atoms with E-state index >= 15 is 0 Å². The minimum atomic E-state index is -0.816. The zero-order valence-electron chi connectivity index (χ0n) is 12.0. The zero-order chi connectivity index (χ0) is 15.1. The molecule has 2 N–H and O–H groups in total. The van der Waals surface area contributed by atoms with Gasteiger partial charge < -0.3 is 15.2 Å². The summed E-state index contributed by atoms with van der Waals surface area (Å²) in [5.74, 6) is -0.321. The molecule has 1 aliphatic heterocycles. The average molecular weight is 291 g/mol. The topological polar surface area (TPSA) is 75.6 Å². The van der Waals surface area contributed by atoms with Crippen LogP contribution in [-0.2, 0) is 20.7 Å². The van der Waals surface area contributed by atoms with E-state index in [4.69, 9.17) is 9.84 Å². The number of nitrogens with one attached hydrogen (secondary N) is 1. The average Bonchev–Trinajstić information content (AvgIpc) is 2.97. The van der Waals surface area contributed by atoms with Gasteiger partial charge in [0.05, 0.1) is 0 Å². The molecule has 1 atom stereocenters. The van der Waals surface area contributed by atoms with Gasteiger partial charge in [-0.3, -0.25) is 9.59 Å². The Labute approximate surface area is 124 Å². The second-order valence-corrected chi connectivity index (χ2v) is 5.41. The number of aliphatic carboxylic acids is 1. The van der Waals surface area contributed by atoms with E-state index in [9.17, 15) is 9.59 Å². The summed E-state index contributed by atoms with van der Waals surface area (Å²) in [6, 6.07) is 7.35. The van der Waals surface area contributed by atoms with Gasteiger partial charge in [0, 0.05) is 31.7 Å². The van der Waals surface area contributed by atoms with Crippen LogP contribution in [0, 0.1) is 5.92 Å². The molecule has 1 amide bonds. The van der Waals surface area contributed by atoms with E-state index in [1.165, 1.54) is 0 Å². The Morgan fingerprint density at radius 3 is 2.90 bits per heavy atom.